The summed E-state index contributed by atoms with van der Waals surface area (Å²) in [6.07, 6.45) is 5.14. The Morgan fingerprint density at radius 1 is 0.825 bits per heavy atom. The Morgan fingerprint density at radius 3 is 2.19 bits per heavy atom. The van der Waals surface area contributed by atoms with Gasteiger partial charge in [0.1, 0.15) is 0 Å². The van der Waals surface area contributed by atoms with E-state index in [0.29, 0.717) is 58.0 Å². The average molecular weight is 873 g/mol. The summed E-state index contributed by atoms with van der Waals surface area (Å²) in [6.45, 7) is 7.80. The summed E-state index contributed by atoms with van der Waals surface area (Å²) < 4.78 is 14.7. The van der Waals surface area contributed by atoms with Gasteiger partial charge in [-0.25, -0.2) is 14.4 Å². The van der Waals surface area contributed by atoms with Crippen molar-refractivity contribution in [1.29, 1.82) is 0 Å². The molecule has 5 aromatic rings. The van der Waals surface area contributed by atoms with Gasteiger partial charge in [-0.15, -0.1) is 0 Å². The first-order chi connectivity index (χ1) is 30.5. The van der Waals surface area contributed by atoms with Crippen LogP contribution in [-0.4, -0.2) is 88.8 Å². The lowest BCUT2D eigenvalue weighted by molar-refractivity contribution is -0.134. The number of anilines is 6. The molecule has 1 unspecified atom stereocenters. The van der Waals surface area contributed by atoms with E-state index in [9.17, 15) is 23.6 Å². The number of benzene rings is 4. The molecule has 16 heteroatoms. The van der Waals surface area contributed by atoms with Crippen molar-refractivity contribution in [2.24, 2.45) is 5.92 Å². The number of piperazine rings is 1. The Balaban J connectivity index is 0.747. The van der Waals surface area contributed by atoms with Crippen molar-refractivity contribution in [1.82, 2.24) is 30.6 Å². The van der Waals surface area contributed by atoms with Crippen LogP contribution in [0.4, 0.5) is 38.9 Å². The third-order valence-corrected chi connectivity index (χ3v) is 12.3. The number of carbonyl (C=O) groups excluding carboxylic acids is 4. The number of para-hydroxylation sites is 1. The quantitative estimate of drug-likeness (QED) is 0.0746. The van der Waals surface area contributed by atoms with Crippen LogP contribution in [0.15, 0.2) is 103 Å². The second-order valence-corrected chi connectivity index (χ2v) is 16.7. The number of halogens is 2. The van der Waals surface area contributed by atoms with Crippen LogP contribution in [0.2, 0.25) is 5.02 Å². The normalized spacial score (nSPS) is 18.7. The van der Waals surface area contributed by atoms with E-state index in [1.807, 2.05) is 17.1 Å². The molecule has 4 aromatic carbocycles. The van der Waals surface area contributed by atoms with E-state index in [4.69, 9.17) is 11.6 Å². The van der Waals surface area contributed by atoms with E-state index in [2.05, 4.69) is 65.5 Å². The molecule has 0 spiro atoms. The topological polar surface area (TPSA) is 164 Å². The van der Waals surface area contributed by atoms with Crippen molar-refractivity contribution >= 4 is 69.7 Å². The first kappa shape index (κ1) is 43.2. The van der Waals surface area contributed by atoms with Gasteiger partial charge in [0, 0.05) is 73.4 Å². The molecule has 3 aliphatic heterocycles. The van der Waals surface area contributed by atoms with Gasteiger partial charge < -0.3 is 20.9 Å². The van der Waals surface area contributed by atoms with Crippen molar-refractivity contribution in [3.8, 4) is 0 Å². The molecule has 0 bridgehead atoms. The largest absolute Gasteiger partial charge is 0.366 e. The van der Waals surface area contributed by atoms with Gasteiger partial charge in [0.25, 0.3) is 11.8 Å². The molecule has 326 valence electrons. The van der Waals surface area contributed by atoms with Crippen LogP contribution >= 0.6 is 11.6 Å². The molecule has 5 N–H and O–H groups in total. The highest BCUT2D eigenvalue weighted by molar-refractivity contribution is 6.33. The van der Waals surface area contributed by atoms with Gasteiger partial charge in [-0.3, -0.25) is 34.8 Å². The van der Waals surface area contributed by atoms with Crippen LogP contribution < -0.4 is 31.6 Å². The molecule has 3 saturated heterocycles. The van der Waals surface area contributed by atoms with Gasteiger partial charge in [0.15, 0.2) is 11.6 Å². The van der Waals surface area contributed by atoms with Crippen molar-refractivity contribution in [3.05, 3.63) is 131 Å². The fourth-order valence-corrected chi connectivity index (χ4v) is 8.57. The maximum atomic E-state index is 14.7. The lowest BCUT2D eigenvalue weighted by Crippen LogP contribution is -2.52. The molecular weight excluding hydrogens is 823 g/mol. The van der Waals surface area contributed by atoms with Gasteiger partial charge in [-0.1, -0.05) is 35.9 Å². The standard InChI is InChI=1S/C47H50ClFN10O4/c1-30-29-57(26-27-59(30)37-16-10-32(11-17-37)38-18-19-42(60)54-46(38)63)23-20-31-21-24-58(25-22-31)56-45(62)34-8-14-36(15-9-34)52-47-50-28-40(49)43(55-47)51-35-12-6-33(7-13-35)44(61)53-41-5-3-2-4-39(41)48/h2-17,28,30-31,38H,18-27,29H2,1H3,(H,53,61)(H,56,62)(H,54,60,63)(H2,50,51,52,55)/t30-,38?/m1/s1. The fourth-order valence-electron chi connectivity index (χ4n) is 8.38. The van der Waals surface area contributed by atoms with E-state index in [1.165, 1.54) is 0 Å². The highest BCUT2D eigenvalue weighted by atomic mass is 35.5. The first-order valence-corrected chi connectivity index (χ1v) is 21.7. The monoisotopic (exact) mass is 872 g/mol. The number of rotatable bonds is 13. The zero-order valence-electron chi connectivity index (χ0n) is 35.0. The van der Waals surface area contributed by atoms with Crippen LogP contribution in [0.3, 0.4) is 0 Å². The number of amides is 4. The van der Waals surface area contributed by atoms with E-state index in [0.717, 1.165) is 76.0 Å². The summed E-state index contributed by atoms with van der Waals surface area (Å²) in [5, 5.41) is 13.7. The average Bonchev–Trinajstić information content (AvgIpc) is 3.29. The smallest absolute Gasteiger partial charge is 0.265 e. The minimum absolute atomic E-state index is 0.0532. The molecular formula is C47H50ClFN10O4. The second kappa shape index (κ2) is 19.7. The maximum absolute atomic E-state index is 14.7. The molecule has 3 fully saturated rings. The predicted octanol–water partition coefficient (Wildman–Crippen LogP) is 7.49. The van der Waals surface area contributed by atoms with Gasteiger partial charge >= 0.3 is 0 Å². The molecule has 8 rings (SSSR count). The number of nitrogens with zero attached hydrogens (tertiary/aromatic N) is 5. The highest BCUT2D eigenvalue weighted by Crippen LogP contribution is 2.29. The van der Waals surface area contributed by atoms with Gasteiger partial charge in [0.05, 0.1) is 22.8 Å². The lowest BCUT2D eigenvalue weighted by atomic mass is 9.90. The molecule has 2 atom stereocenters. The first-order valence-electron chi connectivity index (χ1n) is 21.4. The maximum Gasteiger partial charge on any atom is 0.265 e. The number of piperidine rings is 2. The number of hydrazine groups is 1. The highest BCUT2D eigenvalue weighted by Gasteiger charge is 2.29. The lowest BCUT2D eigenvalue weighted by Gasteiger charge is -2.42. The molecule has 3 aliphatic rings. The van der Waals surface area contributed by atoms with Gasteiger partial charge in [0.2, 0.25) is 17.8 Å². The van der Waals surface area contributed by atoms with E-state index in [1.54, 1.807) is 72.8 Å². The van der Waals surface area contributed by atoms with Crippen LogP contribution in [0.1, 0.15) is 71.2 Å². The molecule has 0 aliphatic carbocycles. The molecule has 14 nitrogen and oxygen atoms in total. The van der Waals surface area contributed by atoms with Gasteiger partial charge in [-0.2, -0.15) is 4.98 Å². The zero-order chi connectivity index (χ0) is 43.9. The summed E-state index contributed by atoms with van der Waals surface area (Å²) in [7, 11) is 0. The summed E-state index contributed by atoms with van der Waals surface area (Å²) in [4.78, 5) is 63.1. The van der Waals surface area contributed by atoms with Crippen molar-refractivity contribution in [2.45, 2.75) is 51.0 Å². The Hall–Kier alpha value is -6.42. The molecule has 0 radical (unpaired) electrons. The summed E-state index contributed by atoms with van der Waals surface area (Å²) >= 11 is 6.16. The number of imide groups is 1. The SMILES string of the molecule is C[C@@H]1CN(CCC2CCN(NC(=O)c3ccc(Nc4ncc(F)c(Nc5ccc(C(=O)Nc6ccccc6Cl)cc5)n4)cc3)CC2)CCN1c1ccc(C2CCC(=O)NC2=O)cc1. The number of hydrogen-bond acceptors (Lipinski definition) is 11. The number of hydrogen-bond donors (Lipinski definition) is 5. The minimum Gasteiger partial charge on any atom is -0.366 e. The second-order valence-electron chi connectivity index (χ2n) is 16.3. The molecule has 63 heavy (non-hydrogen) atoms. The summed E-state index contributed by atoms with van der Waals surface area (Å²) in [5.74, 6) is -1.15. The van der Waals surface area contributed by atoms with Crippen LogP contribution in [-0.2, 0) is 9.59 Å². The third kappa shape index (κ3) is 11.0. The Kier molecular flexibility index (Phi) is 13.5. The predicted molar refractivity (Wildman–Crippen MR) is 242 cm³/mol. The van der Waals surface area contributed by atoms with E-state index >= 15 is 0 Å². The number of carbonyl (C=O) groups is 4. The van der Waals surface area contributed by atoms with Gasteiger partial charge in [-0.05, 0) is 123 Å². The van der Waals surface area contributed by atoms with E-state index in [-0.39, 0.29) is 41.3 Å². The number of nitrogens with one attached hydrogen (secondary N) is 5. The van der Waals surface area contributed by atoms with Crippen molar-refractivity contribution in [3.63, 3.8) is 0 Å². The van der Waals surface area contributed by atoms with E-state index < -0.39 is 5.82 Å². The third-order valence-electron chi connectivity index (χ3n) is 12.0. The van der Waals surface area contributed by atoms with Crippen LogP contribution in [0, 0.1) is 11.7 Å². The fraction of sp³-hybridized carbons (Fsp3) is 0.319. The number of aromatic nitrogens is 2. The Labute approximate surface area is 370 Å². The molecule has 4 heterocycles. The van der Waals surface area contributed by atoms with Crippen LogP contribution in [0.5, 0.6) is 0 Å². The minimum atomic E-state index is -0.656. The summed E-state index contributed by atoms with van der Waals surface area (Å²) in [6, 6.07) is 29.0. The molecule has 4 amide bonds. The molecule has 1 aromatic heterocycles. The Bertz CT molecular complexity index is 2430. The van der Waals surface area contributed by atoms with Crippen LogP contribution in [0.25, 0.3) is 0 Å². The molecule has 0 saturated carbocycles. The summed E-state index contributed by atoms with van der Waals surface area (Å²) in [5.41, 5.74) is 7.71. The van der Waals surface area contributed by atoms with Crippen molar-refractivity contribution < 1.29 is 23.6 Å². The Morgan fingerprint density at radius 2 is 1.51 bits per heavy atom. The van der Waals surface area contributed by atoms with Crippen molar-refractivity contribution in [2.75, 3.05) is 60.1 Å². The zero-order valence-corrected chi connectivity index (χ0v) is 35.7.